The Labute approximate surface area is 88.5 Å². The fourth-order valence-corrected chi connectivity index (χ4v) is 3.46. The molecule has 0 fully saturated rings. The largest absolute Gasteiger partial charge is 0.289 e. The summed E-state index contributed by atoms with van der Waals surface area (Å²) < 4.78 is 12.6. The second-order valence-electron chi connectivity index (χ2n) is 5.35. The Balaban J connectivity index is 4.78. The van der Waals surface area contributed by atoms with Crippen LogP contribution in [0.3, 0.4) is 0 Å². The molecular formula is C10H25N2OP. The van der Waals surface area contributed by atoms with Gasteiger partial charge in [0.25, 0.3) is 0 Å². The van der Waals surface area contributed by atoms with Gasteiger partial charge in [-0.2, -0.15) is 0 Å². The fourth-order valence-electron chi connectivity index (χ4n) is 1.15. The van der Waals surface area contributed by atoms with Crippen LogP contribution < -0.4 is 10.2 Å². The first-order valence-corrected chi connectivity index (χ1v) is 6.95. The summed E-state index contributed by atoms with van der Waals surface area (Å²) in [5.74, 6) is 0. The van der Waals surface area contributed by atoms with Gasteiger partial charge >= 0.3 is 0 Å². The predicted octanol–water partition coefficient (Wildman–Crippen LogP) is 2.97. The summed E-state index contributed by atoms with van der Waals surface area (Å²) in [5, 5.41) is 6.10. The third-order valence-corrected chi connectivity index (χ3v) is 5.47. The number of rotatable bonds is 4. The summed E-state index contributed by atoms with van der Waals surface area (Å²) in [6, 6.07) is 0.456. The molecule has 0 spiro atoms. The second-order valence-corrected chi connectivity index (χ2v) is 8.42. The molecule has 14 heavy (non-hydrogen) atoms. The van der Waals surface area contributed by atoms with E-state index in [1.807, 2.05) is 48.5 Å². The van der Waals surface area contributed by atoms with Crippen LogP contribution in [0.2, 0.25) is 0 Å². The summed E-state index contributed by atoms with van der Waals surface area (Å²) >= 11 is 0. The van der Waals surface area contributed by atoms with Crippen LogP contribution in [0.25, 0.3) is 0 Å². The van der Waals surface area contributed by atoms with E-state index in [2.05, 4.69) is 10.2 Å². The topological polar surface area (TPSA) is 41.1 Å². The Kier molecular flexibility index (Phi) is 4.83. The molecule has 0 aliphatic rings. The maximum atomic E-state index is 12.6. The zero-order chi connectivity index (χ0) is 11.6. The lowest BCUT2D eigenvalue weighted by Crippen LogP contribution is -2.40. The smallest absolute Gasteiger partial charge is 0.216 e. The molecule has 3 nitrogen and oxygen atoms in total. The lowest BCUT2D eigenvalue weighted by molar-refractivity contribution is 0.503. The van der Waals surface area contributed by atoms with Gasteiger partial charge in [0.05, 0.1) is 0 Å². The van der Waals surface area contributed by atoms with Crippen LogP contribution >= 0.6 is 7.44 Å². The highest BCUT2D eigenvalue weighted by atomic mass is 31.2. The lowest BCUT2D eigenvalue weighted by Gasteiger charge is -2.35. The van der Waals surface area contributed by atoms with Gasteiger partial charge in [0.1, 0.15) is 0 Å². The summed E-state index contributed by atoms with van der Waals surface area (Å²) in [6.07, 6.45) is 0. The molecule has 0 aliphatic heterocycles. The Morgan fingerprint density at radius 2 is 1.21 bits per heavy atom. The van der Waals surface area contributed by atoms with Gasteiger partial charge in [-0.05, 0) is 27.7 Å². The third kappa shape index (κ3) is 4.12. The standard InChI is InChI=1S/C10H25N2OP/c1-8(2)11-14(13,10(5,6)7)12-9(3)4/h8-9H,1-7H3,(H2,11,12,13). The summed E-state index contributed by atoms with van der Waals surface area (Å²) in [6.45, 7) is 14.1. The van der Waals surface area contributed by atoms with E-state index in [1.54, 1.807) is 0 Å². The first-order chi connectivity index (χ1) is 6.08. The molecule has 0 saturated heterocycles. The molecule has 0 saturated carbocycles. The van der Waals surface area contributed by atoms with Crippen molar-refractivity contribution in [1.82, 2.24) is 10.2 Å². The van der Waals surface area contributed by atoms with Gasteiger partial charge in [-0.3, -0.25) is 14.7 Å². The van der Waals surface area contributed by atoms with E-state index in [0.29, 0.717) is 0 Å². The van der Waals surface area contributed by atoms with Gasteiger partial charge in [0, 0.05) is 17.2 Å². The summed E-state index contributed by atoms with van der Waals surface area (Å²) in [7, 11) is -2.52. The minimum Gasteiger partial charge on any atom is -0.289 e. The van der Waals surface area contributed by atoms with Crippen molar-refractivity contribution in [2.24, 2.45) is 0 Å². The van der Waals surface area contributed by atoms with Gasteiger partial charge in [-0.15, -0.1) is 0 Å². The molecule has 86 valence electrons. The zero-order valence-electron chi connectivity index (χ0n) is 10.5. The van der Waals surface area contributed by atoms with Crippen LogP contribution in [0.15, 0.2) is 0 Å². The van der Waals surface area contributed by atoms with Gasteiger partial charge in [0.15, 0.2) is 0 Å². The van der Waals surface area contributed by atoms with Crippen molar-refractivity contribution < 1.29 is 4.57 Å². The zero-order valence-corrected chi connectivity index (χ0v) is 11.4. The predicted molar refractivity (Wildman–Crippen MR) is 63.9 cm³/mol. The first-order valence-electron chi connectivity index (χ1n) is 5.24. The minimum absolute atomic E-state index is 0.228. The van der Waals surface area contributed by atoms with Crippen molar-refractivity contribution in [3.63, 3.8) is 0 Å². The molecular weight excluding hydrogens is 195 g/mol. The Bertz CT molecular complexity index is 205. The molecule has 4 heteroatoms. The van der Waals surface area contributed by atoms with E-state index in [4.69, 9.17) is 0 Å². The number of hydrogen-bond acceptors (Lipinski definition) is 1. The molecule has 0 aromatic carbocycles. The van der Waals surface area contributed by atoms with E-state index < -0.39 is 7.44 Å². The molecule has 0 atom stereocenters. The normalized spacial score (nSPS) is 14.1. The second kappa shape index (κ2) is 4.78. The van der Waals surface area contributed by atoms with Crippen molar-refractivity contribution in [1.29, 1.82) is 0 Å². The summed E-state index contributed by atoms with van der Waals surface area (Å²) in [5.41, 5.74) is 0. The van der Waals surface area contributed by atoms with Gasteiger partial charge in [-0.1, -0.05) is 20.8 Å². The molecule has 0 aromatic heterocycles. The van der Waals surface area contributed by atoms with Gasteiger partial charge < -0.3 is 0 Å². The van der Waals surface area contributed by atoms with E-state index in [0.717, 1.165) is 0 Å². The average molecular weight is 220 g/mol. The monoisotopic (exact) mass is 220 g/mol. The average Bonchev–Trinajstić information content (AvgIpc) is 1.78. The highest BCUT2D eigenvalue weighted by Crippen LogP contribution is 2.51. The van der Waals surface area contributed by atoms with Crippen molar-refractivity contribution in [3.8, 4) is 0 Å². The van der Waals surface area contributed by atoms with E-state index >= 15 is 0 Å². The van der Waals surface area contributed by atoms with Crippen LogP contribution in [0.4, 0.5) is 0 Å². The SMILES string of the molecule is CC(C)NP(=O)(NC(C)C)C(C)(C)C. The van der Waals surface area contributed by atoms with Gasteiger partial charge in [-0.25, -0.2) is 0 Å². The van der Waals surface area contributed by atoms with Crippen molar-refractivity contribution in [2.75, 3.05) is 0 Å². The van der Waals surface area contributed by atoms with Crippen molar-refractivity contribution >= 4 is 7.44 Å². The highest BCUT2D eigenvalue weighted by Gasteiger charge is 2.37. The molecule has 0 amide bonds. The molecule has 2 N–H and O–H groups in total. The maximum absolute atomic E-state index is 12.6. The number of nitrogens with one attached hydrogen (secondary N) is 2. The Morgan fingerprint density at radius 3 is 1.36 bits per heavy atom. The molecule has 0 heterocycles. The van der Waals surface area contributed by atoms with Crippen molar-refractivity contribution in [2.45, 2.75) is 65.7 Å². The molecule has 0 aromatic rings. The van der Waals surface area contributed by atoms with Crippen molar-refractivity contribution in [3.05, 3.63) is 0 Å². The molecule has 0 aliphatic carbocycles. The third-order valence-electron chi connectivity index (χ3n) is 1.82. The molecule has 0 bridgehead atoms. The van der Waals surface area contributed by atoms with E-state index in [9.17, 15) is 4.57 Å². The van der Waals surface area contributed by atoms with Crippen LogP contribution in [0.5, 0.6) is 0 Å². The quantitative estimate of drug-likeness (QED) is 0.716. The summed E-state index contributed by atoms with van der Waals surface area (Å²) in [4.78, 5) is 0. The first kappa shape index (κ1) is 14.2. The van der Waals surface area contributed by atoms with Crippen LogP contribution in [0.1, 0.15) is 48.5 Å². The fraction of sp³-hybridized carbons (Fsp3) is 1.00. The highest BCUT2D eigenvalue weighted by molar-refractivity contribution is 7.61. The van der Waals surface area contributed by atoms with E-state index in [1.165, 1.54) is 0 Å². The van der Waals surface area contributed by atoms with Gasteiger partial charge in [0.2, 0.25) is 7.44 Å². The lowest BCUT2D eigenvalue weighted by atomic mass is 10.3. The van der Waals surface area contributed by atoms with Crippen LogP contribution in [0, 0.1) is 0 Å². The number of hydrogen-bond donors (Lipinski definition) is 2. The molecule has 0 unspecified atom stereocenters. The van der Waals surface area contributed by atoms with E-state index in [-0.39, 0.29) is 17.2 Å². The maximum Gasteiger partial charge on any atom is 0.216 e. The Hall–Kier alpha value is 0.150. The van der Waals surface area contributed by atoms with Crippen LogP contribution in [-0.4, -0.2) is 17.2 Å². The minimum atomic E-state index is -2.52. The molecule has 0 rings (SSSR count). The molecule has 0 radical (unpaired) electrons. The van der Waals surface area contributed by atoms with Crippen LogP contribution in [-0.2, 0) is 4.57 Å². The Morgan fingerprint density at radius 1 is 0.929 bits per heavy atom.